The van der Waals surface area contributed by atoms with Gasteiger partial charge in [-0.25, -0.2) is 0 Å². The van der Waals surface area contributed by atoms with Gasteiger partial charge in [0.05, 0.1) is 18.8 Å². The van der Waals surface area contributed by atoms with E-state index in [2.05, 4.69) is 31.3 Å². The summed E-state index contributed by atoms with van der Waals surface area (Å²) in [5.41, 5.74) is 0. The number of hydrogen-bond donors (Lipinski definition) is 5. The molecule has 0 radical (unpaired) electrons. The van der Waals surface area contributed by atoms with Gasteiger partial charge in [-0.3, -0.25) is 4.79 Å². The molecule has 72 heavy (non-hydrogen) atoms. The molecule has 0 aromatic carbocycles. The van der Waals surface area contributed by atoms with Gasteiger partial charge in [-0.2, -0.15) is 0 Å². The van der Waals surface area contributed by atoms with Crippen molar-refractivity contribution in [3.63, 3.8) is 0 Å². The van der Waals surface area contributed by atoms with Gasteiger partial charge in [-0.15, -0.1) is 0 Å². The normalized spacial score (nSPS) is 13.6. The van der Waals surface area contributed by atoms with Crippen molar-refractivity contribution in [1.29, 1.82) is 0 Å². The molecule has 0 heterocycles. The second kappa shape index (κ2) is 60.9. The summed E-state index contributed by atoms with van der Waals surface area (Å²) in [7, 11) is 0. The van der Waals surface area contributed by atoms with E-state index in [4.69, 9.17) is 0 Å². The van der Waals surface area contributed by atoms with Crippen LogP contribution in [0, 0.1) is 0 Å². The summed E-state index contributed by atoms with van der Waals surface area (Å²) in [4.78, 5) is 12.6. The van der Waals surface area contributed by atoms with E-state index in [0.717, 1.165) is 38.5 Å². The van der Waals surface area contributed by atoms with E-state index >= 15 is 0 Å². The Kier molecular flexibility index (Phi) is 60.1. The molecule has 0 fully saturated rings. The van der Waals surface area contributed by atoms with Gasteiger partial charge in [0.25, 0.3) is 0 Å². The highest BCUT2D eigenvalue weighted by Gasteiger charge is 2.28. The lowest BCUT2D eigenvalue weighted by molar-refractivity contribution is -0.132. The van der Waals surface area contributed by atoms with Crippen LogP contribution in [-0.4, -0.2) is 57.3 Å². The lowest BCUT2D eigenvalue weighted by Crippen LogP contribution is -2.53. The first-order valence-corrected chi connectivity index (χ1v) is 33.1. The van der Waals surface area contributed by atoms with Crippen molar-refractivity contribution in [3.8, 4) is 0 Å². The summed E-state index contributed by atoms with van der Waals surface area (Å²) in [6.07, 6.45) is 74.6. The maximum Gasteiger partial charge on any atom is 0.249 e. The van der Waals surface area contributed by atoms with Crippen LogP contribution in [0.5, 0.6) is 0 Å². The Bertz CT molecular complexity index is 1050. The fourth-order valence-electron chi connectivity index (χ4n) is 10.8. The number of rotatable bonds is 62. The Morgan fingerprint density at radius 3 is 0.806 bits per heavy atom. The van der Waals surface area contributed by atoms with Crippen LogP contribution < -0.4 is 5.32 Å². The number of amides is 1. The first-order valence-electron chi connectivity index (χ1n) is 33.1. The number of hydrogen-bond acceptors (Lipinski definition) is 5. The largest absolute Gasteiger partial charge is 0.394 e. The van der Waals surface area contributed by atoms with Crippen LogP contribution in [0.4, 0.5) is 0 Å². The van der Waals surface area contributed by atoms with Crippen LogP contribution in [0.3, 0.4) is 0 Å². The Balaban J connectivity index is 3.55. The lowest BCUT2D eigenvalue weighted by atomic mass is 9.99. The highest BCUT2D eigenvalue weighted by atomic mass is 16.3. The van der Waals surface area contributed by atoms with Gasteiger partial charge in [0.1, 0.15) is 12.2 Å². The van der Waals surface area contributed by atoms with E-state index in [1.54, 1.807) is 0 Å². The van der Waals surface area contributed by atoms with E-state index < -0.39 is 36.9 Å². The summed E-state index contributed by atoms with van der Waals surface area (Å²) in [6, 6.07) is -0.984. The highest BCUT2D eigenvalue weighted by Crippen LogP contribution is 2.19. The van der Waals surface area contributed by atoms with Crippen molar-refractivity contribution < 1.29 is 25.2 Å². The van der Waals surface area contributed by atoms with Crippen LogP contribution in [-0.2, 0) is 4.79 Å². The van der Waals surface area contributed by atoms with E-state index in [1.165, 1.54) is 308 Å². The third kappa shape index (κ3) is 53.9. The molecule has 0 aliphatic heterocycles. The van der Waals surface area contributed by atoms with Gasteiger partial charge >= 0.3 is 0 Å². The van der Waals surface area contributed by atoms with Crippen molar-refractivity contribution in [3.05, 3.63) is 12.2 Å². The molecule has 430 valence electrons. The molecule has 0 aliphatic carbocycles. The van der Waals surface area contributed by atoms with Crippen LogP contribution in [0.15, 0.2) is 12.2 Å². The quantitative estimate of drug-likeness (QED) is 0.0308. The molecular weight excluding hydrogens is 887 g/mol. The molecule has 6 nitrogen and oxygen atoms in total. The van der Waals surface area contributed by atoms with Gasteiger partial charge in [-0.1, -0.05) is 347 Å². The van der Waals surface area contributed by atoms with Gasteiger partial charge in [0.15, 0.2) is 0 Å². The summed E-state index contributed by atoms with van der Waals surface area (Å²) >= 11 is 0. The number of unbranched alkanes of at least 4 members (excludes halogenated alkanes) is 51. The zero-order valence-corrected chi connectivity index (χ0v) is 49.0. The van der Waals surface area contributed by atoms with Crippen LogP contribution >= 0.6 is 0 Å². The number of allylic oxidation sites excluding steroid dienone is 2. The van der Waals surface area contributed by atoms with Crippen molar-refractivity contribution in [2.45, 2.75) is 398 Å². The molecule has 6 heteroatoms. The second-order valence-electron chi connectivity index (χ2n) is 23.2. The minimum absolute atomic E-state index is 0.373. The lowest BCUT2D eigenvalue weighted by Gasteiger charge is -2.27. The van der Waals surface area contributed by atoms with Gasteiger partial charge in [0.2, 0.25) is 5.91 Å². The minimum atomic E-state index is -1.26. The van der Waals surface area contributed by atoms with Crippen LogP contribution in [0.25, 0.3) is 0 Å². The molecule has 0 aromatic rings. The Morgan fingerprint density at radius 2 is 0.556 bits per heavy atom. The molecule has 0 aromatic heterocycles. The van der Waals surface area contributed by atoms with E-state index in [-0.39, 0.29) is 0 Å². The summed E-state index contributed by atoms with van der Waals surface area (Å²) < 4.78 is 0. The average Bonchev–Trinajstić information content (AvgIpc) is 3.39. The third-order valence-corrected chi connectivity index (χ3v) is 16.0. The second-order valence-corrected chi connectivity index (χ2v) is 23.2. The van der Waals surface area contributed by atoms with Gasteiger partial charge in [0, 0.05) is 0 Å². The Morgan fingerprint density at radius 1 is 0.333 bits per heavy atom. The summed E-state index contributed by atoms with van der Waals surface area (Å²) in [6.45, 7) is 4.11. The van der Waals surface area contributed by atoms with Crippen LogP contribution in [0.2, 0.25) is 0 Å². The van der Waals surface area contributed by atoms with E-state index in [0.29, 0.717) is 12.8 Å². The highest BCUT2D eigenvalue weighted by molar-refractivity contribution is 5.80. The topological polar surface area (TPSA) is 110 Å². The number of nitrogens with one attached hydrogen (secondary N) is 1. The maximum absolute atomic E-state index is 12.6. The molecule has 1 amide bonds. The molecule has 0 rings (SSSR count). The number of carbonyl (C=O) groups is 1. The molecule has 5 N–H and O–H groups in total. The zero-order chi connectivity index (χ0) is 52.3. The molecule has 0 bridgehead atoms. The Hall–Kier alpha value is -0.950. The first-order chi connectivity index (χ1) is 35.5. The fourth-order valence-corrected chi connectivity index (χ4v) is 10.8. The third-order valence-electron chi connectivity index (χ3n) is 16.0. The average molecular weight is 1020 g/mol. The van der Waals surface area contributed by atoms with Crippen molar-refractivity contribution in [2.24, 2.45) is 0 Å². The standard InChI is InChI=1S/C66H131NO5/c1-3-5-7-9-11-13-15-17-19-21-23-25-27-29-31-33-35-37-39-41-43-45-47-49-51-53-55-57-59-63(69)65(71)62(61-68)67-66(72)64(70)60-58-56-54-52-50-48-46-44-42-40-38-36-34-32-30-28-26-24-22-20-18-16-14-12-10-8-6-4-2/h30,32,62-65,68-71H,3-29,31,33-61H2,1-2H3,(H,67,72)/b32-30-. The van der Waals surface area contributed by atoms with Crippen molar-refractivity contribution in [2.75, 3.05) is 6.61 Å². The maximum atomic E-state index is 12.6. The summed E-state index contributed by atoms with van der Waals surface area (Å²) in [5, 5.41) is 44.2. The SMILES string of the molecule is CCCCCCCCCCCCCC/C=C\CCCCCCCCCCCCCCC(O)C(=O)NC(CO)C(O)C(O)CCCCCCCCCCCCCCCCCCCCCCCCCCCCCC. The smallest absolute Gasteiger partial charge is 0.249 e. The van der Waals surface area contributed by atoms with Crippen LogP contribution in [0.1, 0.15) is 373 Å². The van der Waals surface area contributed by atoms with E-state index in [1.807, 2.05) is 0 Å². The Labute approximate surface area is 451 Å². The van der Waals surface area contributed by atoms with Gasteiger partial charge in [-0.05, 0) is 38.5 Å². The monoisotopic (exact) mass is 1020 g/mol. The molecule has 0 saturated carbocycles. The molecule has 0 spiro atoms. The van der Waals surface area contributed by atoms with Crippen molar-refractivity contribution >= 4 is 5.91 Å². The molecular formula is C66H131NO5. The number of aliphatic hydroxyl groups is 4. The molecule has 0 saturated heterocycles. The predicted molar refractivity (Wildman–Crippen MR) is 316 cm³/mol. The molecule has 0 aliphatic rings. The molecule has 4 unspecified atom stereocenters. The number of carbonyl (C=O) groups excluding carboxylic acids is 1. The molecule has 4 atom stereocenters. The van der Waals surface area contributed by atoms with E-state index in [9.17, 15) is 25.2 Å². The van der Waals surface area contributed by atoms with Gasteiger partial charge < -0.3 is 25.7 Å². The minimum Gasteiger partial charge on any atom is -0.394 e. The zero-order valence-electron chi connectivity index (χ0n) is 49.0. The van der Waals surface area contributed by atoms with Crippen molar-refractivity contribution in [1.82, 2.24) is 5.32 Å². The predicted octanol–water partition coefficient (Wildman–Crippen LogP) is 20.0. The first kappa shape index (κ1) is 71.0. The summed E-state index contributed by atoms with van der Waals surface area (Å²) in [5.74, 6) is -0.577. The number of aliphatic hydroxyl groups excluding tert-OH is 4. The fraction of sp³-hybridized carbons (Fsp3) is 0.955.